The summed E-state index contributed by atoms with van der Waals surface area (Å²) < 4.78 is 0. The third kappa shape index (κ3) is 3.75. The topological polar surface area (TPSA) is 12.9 Å². The molecule has 0 amide bonds. The SMILES string of the molecule is Cc1cc2c(c(-c3nccc4c(CC(C)C)cc(CC(C)C)cc34)c1)Cc1ccccc1-2. The minimum absolute atomic E-state index is 0.627. The smallest absolute Gasteiger partial charge is 0.0783 e. The zero-order valence-corrected chi connectivity index (χ0v) is 20.0. The van der Waals surface area contributed by atoms with E-state index in [0.29, 0.717) is 11.8 Å². The predicted octanol–water partition coefficient (Wildman–Crippen LogP) is 8.18. The highest BCUT2D eigenvalue weighted by atomic mass is 14.7. The number of benzene rings is 3. The van der Waals surface area contributed by atoms with Crippen LogP contribution in [0.1, 0.15) is 55.5 Å². The molecule has 0 radical (unpaired) electrons. The summed E-state index contributed by atoms with van der Waals surface area (Å²) in [6.45, 7) is 11.5. The van der Waals surface area contributed by atoms with Crippen molar-refractivity contribution in [1.29, 1.82) is 0 Å². The fourth-order valence-electron chi connectivity index (χ4n) is 5.43. The van der Waals surface area contributed by atoms with Gasteiger partial charge in [0.05, 0.1) is 5.69 Å². The number of fused-ring (bicyclic) bond motifs is 4. The van der Waals surface area contributed by atoms with Crippen molar-refractivity contribution in [1.82, 2.24) is 4.98 Å². The van der Waals surface area contributed by atoms with E-state index in [-0.39, 0.29) is 0 Å². The van der Waals surface area contributed by atoms with Crippen molar-refractivity contribution in [3.05, 3.63) is 88.6 Å². The van der Waals surface area contributed by atoms with Crippen LogP contribution in [0.5, 0.6) is 0 Å². The van der Waals surface area contributed by atoms with Gasteiger partial charge in [0, 0.05) is 17.1 Å². The molecule has 1 nitrogen and oxygen atoms in total. The molecule has 4 aromatic rings. The first-order valence-corrected chi connectivity index (χ1v) is 12.0. The van der Waals surface area contributed by atoms with Crippen LogP contribution in [0.4, 0.5) is 0 Å². The van der Waals surface area contributed by atoms with Crippen LogP contribution in [0, 0.1) is 18.8 Å². The van der Waals surface area contributed by atoms with E-state index >= 15 is 0 Å². The lowest BCUT2D eigenvalue weighted by molar-refractivity contribution is 0.638. The lowest BCUT2D eigenvalue weighted by Gasteiger charge is -2.17. The number of aryl methyl sites for hydroxylation is 1. The molecule has 0 saturated heterocycles. The van der Waals surface area contributed by atoms with Crippen molar-refractivity contribution in [3.63, 3.8) is 0 Å². The summed E-state index contributed by atoms with van der Waals surface area (Å²) in [7, 11) is 0. The highest BCUT2D eigenvalue weighted by molar-refractivity contribution is 5.99. The van der Waals surface area contributed by atoms with Gasteiger partial charge in [0.25, 0.3) is 0 Å². The molecule has 1 aromatic heterocycles. The van der Waals surface area contributed by atoms with Crippen LogP contribution >= 0.6 is 0 Å². The van der Waals surface area contributed by atoms with Crippen LogP contribution in [-0.2, 0) is 19.3 Å². The quantitative estimate of drug-likeness (QED) is 0.280. The minimum atomic E-state index is 0.627. The molecule has 1 aliphatic rings. The Kier molecular flexibility index (Phi) is 5.37. The van der Waals surface area contributed by atoms with Crippen molar-refractivity contribution >= 4 is 10.8 Å². The average Bonchev–Trinajstić information content (AvgIpc) is 3.10. The van der Waals surface area contributed by atoms with Crippen LogP contribution < -0.4 is 0 Å². The van der Waals surface area contributed by atoms with Gasteiger partial charge in [-0.25, -0.2) is 0 Å². The molecule has 0 N–H and O–H groups in total. The second-order valence-electron chi connectivity index (χ2n) is 10.4. The Bertz CT molecular complexity index is 1310. The lowest BCUT2D eigenvalue weighted by atomic mass is 9.89. The number of nitrogens with zero attached hydrogens (tertiary/aromatic N) is 1. The number of rotatable bonds is 5. The molecule has 32 heavy (non-hydrogen) atoms. The molecule has 5 rings (SSSR count). The Morgan fingerprint density at radius 1 is 0.781 bits per heavy atom. The predicted molar refractivity (Wildman–Crippen MR) is 137 cm³/mol. The van der Waals surface area contributed by atoms with Gasteiger partial charge in [-0.05, 0) is 101 Å². The van der Waals surface area contributed by atoms with E-state index in [1.165, 1.54) is 55.3 Å². The van der Waals surface area contributed by atoms with E-state index < -0.39 is 0 Å². The third-order valence-corrected chi connectivity index (χ3v) is 6.62. The fourth-order valence-corrected chi connectivity index (χ4v) is 5.43. The first-order valence-electron chi connectivity index (χ1n) is 12.0. The maximum Gasteiger partial charge on any atom is 0.0783 e. The number of hydrogen-bond donors (Lipinski definition) is 0. The molecule has 162 valence electrons. The Balaban J connectivity index is 1.76. The summed E-state index contributed by atoms with van der Waals surface area (Å²) in [6.07, 6.45) is 5.21. The van der Waals surface area contributed by atoms with Crippen LogP contribution in [0.25, 0.3) is 33.2 Å². The Labute approximate surface area is 192 Å². The Hall–Kier alpha value is -2.93. The standard InChI is InChI=1S/C31H33N/c1-19(2)12-22-16-24(13-20(3)4)26-10-11-32-31(30(26)17-22)29-15-21(5)14-27-25-9-7-6-8-23(25)18-28(27)29/h6-11,14-17,19-20H,12-13,18H2,1-5H3. The zero-order chi connectivity index (χ0) is 22.4. The van der Waals surface area contributed by atoms with E-state index in [2.05, 4.69) is 89.2 Å². The van der Waals surface area contributed by atoms with Crippen LogP contribution in [-0.4, -0.2) is 4.98 Å². The number of pyridine rings is 1. The number of aromatic nitrogens is 1. The summed E-state index contributed by atoms with van der Waals surface area (Å²) in [5, 5.41) is 2.67. The summed E-state index contributed by atoms with van der Waals surface area (Å²) in [4.78, 5) is 5.00. The van der Waals surface area contributed by atoms with E-state index in [0.717, 1.165) is 25.0 Å². The summed E-state index contributed by atoms with van der Waals surface area (Å²) in [6, 6.07) is 20.6. The second-order valence-corrected chi connectivity index (χ2v) is 10.4. The third-order valence-electron chi connectivity index (χ3n) is 6.62. The summed E-state index contributed by atoms with van der Waals surface area (Å²) in [5.41, 5.74) is 12.3. The fraction of sp³-hybridized carbons (Fsp3) is 0.323. The van der Waals surface area contributed by atoms with Gasteiger partial charge in [-0.15, -0.1) is 0 Å². The van der Waals surface area contributed by atoms with Crippen molar-refractivity contribution in [2.75, 3.05) is 0 Å². The van der Waals surface area contributed by atoms with Crippen LogP contribution in [0.3, 0.4) is 0 Å². The molecule has 0 saturated carbocycles. The molecule has 0 spiro atoms. The van der Waals surface area contributed by atoms with Crippen molar-refractivity contribution in [2.24, 2.45) is 11.8 Å². The van der Waals surface area contributed by atoms with Crippen LogP contribution in [0.15, 0.2) is 60.8 Å². The van der Waals surface area contributed by atoms with Gasteiger partial charge < -0.3 is 0 Å². The maximum absolute atomic E-state index is 5.00. The molecule has 0 fully saturated rings. The molecule has 1 heterocycles. The summed E-state index contributed by atoms with van der Waals surface area (Å²) >= 11 is 0. The Morgan fingerprint density at radius 3 is 2.31 bits per heavy atom. The van der Waals surface area contributed by atoms with Crippen molar-refractivity contribution in [3.8, 4) is 22.4 Å². The van der Waals surface area contributed by atoms with Gasteiger partial charge in [0.1, 0.15) is 0 Å². The Morgan fingerprint density at radius 2 is 1.53 bits per heavy atom. The van der Waals surface area contributed by atoms with Gasteiger partial charge in [-0.3, -0.25) is 4.98 Å². The molecular weight excluding hydrogens is 386 g/mol. The van der Waals surface area contributed by atoms with Gasteiger partial charge in [0.15, 0.2) is 0 Å². The monoisotopic (exact) mass is 419 g/mol. The molecule has 0 aliphatic heterocycles. The largest absolute Gasteiger partial charge is 0.256 e. The molecule has 0 atom stereocenters. The van der Waals surface area contributed by atoms with Gasteiger partial charge in [-0.1, -0.05) is 64.1 Å². The highest BCUT2D eigenvalue weighted by Gasteiger charge is 2.23. The van der Waals surface area contributed by atoms with Crippen molar-refractivity contribution < 1.29 is 0 Å². The first-order chi connectivity index (χ1) is 15.4. The van der Waals surface area contributed by atoms with E-state index in [1.54, 1.807) is 0 Å². The lowest BCUT2D eigenvalue weighted by Crippen LogP contribution is -2.01. The highest BCUT2D eigenvalue weighted by Crippen LogP contribution is 2.43. The molecule has 3 aromatic carbocycles. The molecule has 1 heteroatoms. The zero-order valence-electron chi connectivity index (χ0n) is 20.0. The minimum Gasteiger partial charge on any atom is -0.256 e. The van der Waals surface area contributed by atoms with Gasteiger partial charge >= 0.3 is 0 Å². The van der Waals surface area contributed by atoms with Crippen molar-refractivity contribution in [2.45, 2.75) is 53.9 Å². The molecular formula is C31H33N. The molecule has 0 unspecified atom stereocenters. The van der Waals surface area contributed by atoms with Gasteiger partial charge in [-0.2, -0.15) is 0 Å². The molecule has 1 aliphatic carbocycles. The van der Waals surface area contributed by atoms with Gasteiger partial charge in [0.2, 0.25) is 0 Å². The normalized spacial score (nSPS) is 12.6. The van der Waals surface area contributed by atoms with E-state index in [4.69, 9.17) is 4.98 Å². The summed E-state index contributed by atoms with van der Waals surface area (Å²) in [5.74, 6) is 1.26. The van der Waals surface area contributed by atoms with E-state index in [1.807, 2.05) is 6.20 Å². The maximum atomic E-state index is 5.00. The second kappa shape index (κ2) is 8.20. The molecule has 0 bridgehead atoms. The first kappa shape index (κ1) is 20.9. The number of hydrogen-bond acceptors (Lipinski definition) is 1. The van der Waals surface area contributed by atoms with Crippen LogP contribution in [0.2, 0.25) is 0 Å². The average molecular weight is 420 g/mol. The van der Waals surface area contributed by atoms with E-state index in [9.17, 15) is 0 Å².